The molecule has 0 aliphatic carbocycles. The minimum atomic E-state index is -1.33. The molecular weight excluding hydrogens is 1160 g/mol. The second kappa shape index (κ2) is 70.5. The van der Waals surface area contributed by atoms with Crippen molar-refractivity contribution in [2.45, 2.75) is 336 Å². The normalized spacial score (nSPS) is 12.5. The Morgan fingerprint density at radius 2 is 0.430 bits per heavy atom. The molecule has 0 aromatic heterocycles. The van der Waals surface area contributed by atoms with Gasteiger partial charge in [0.25, 0.3) is 0 Å². The van der Waals surface area contributed by atoms with Crippen LogP contribution in [0, 0.1) is 10.8 Å². The number of aliphatic hydroxyl groups excluding tert-OH is 2. The van der Waals surface area contributed by atoms with E-state index in [1.165, 1.54) is 77.0 Å². The first-order valence-corrected chi connectivity index (χ1v) is 38.3. The van der Waals surface area contributed by atoms with Gasteiger partial charge in [-0.15, -0.1) is 0 Å². The van der Waals surface area contributed by atoms with Crippen LogP contribution in [0.1, 0.15) is 336 Å². The van der Waals surface area contributed by atoms with E-state index in [-0.39, 0.29) is 65.3 Å². The molecule has 2 N–H and O–H groups in total. The number of rotatable bonds is 70. The van der Waals surface area contributed by atoms with Crippen LogP contribution in [0.15, 0.2) is 97.2 Å². The van der Waals surface area contributed by atoms with Crippen LogP contribution in [-0.2, 0) is 42.9 Å². The average Bonchev–Trinajstić information content (AvgIpc) is 1.22. The van der Waals surface area contributed by atoms with Crippen LogP contribution in [0.3, 0.4) is 0 Å². The van der Waals surface area contributed by atoms with Gasteiger partial charge in [-0.3, -0.25) is 19.2 Å². The molecule has 0 aromatic carbocycles. The Bertz CT molecular complexity index is 1680. The van der Waals surface area contributed by atoms with Crippen LogP contribution in [0.4, 0.5) is 0 Å². The van der Waals surface area contributed by atoms with Crippen LogP contribution < -0.4 is 0 Å². The zero-order valence-electron chi connectivity index (χ0n) is 60.4. The molecule has 0 fully saturated rings. The fraction of sp³-hybridized carbons (Fsp3) is 0.756. The van der Waals surface area contributed by atoms with Crippen molar-refractivity contribution in [2.75, 3.05) is 52.9 Å². The summed E-state index contributed by atoms with van der Waals surface area (Å²) in [7, 11) is 0. The molecule has 0 amide bonds. The summed E-state index contributed by atoms with van der Waals surface area (Å²) in [5.74, 6) is -1.64. The van der Waals surface area contributed by atoms with Crippen molar-refractivity contribution in [3.05, 3.63) is 97.2 Å². The molecule has 0 radical (unpaired) electrons. The van der Waals surface area contributed by atoms with Crippen molar-refractivity contribution >= 4 is 23.9 Å². The summed E-state index contributed by atoms with van der Waals surface area (Å²) in [6.07, 6.45) is 83.9. The fourth-order valence-corrected chi connectivity index (χ4v) is 10.6. The molecule has 0 heterocycles. The summed E-state index contributed by atoms with van der Waals surface area (Å²) in [4.78, 5) is 53.0. The molecule has 0 aromatic rings. The third kappa shape index (κ3) is 62.3. The Labute approximate surface area is 571 Å². The minimum Gasteiger partial charge on any atom is -0.465 e. The number of unbranched alkanes of at least 4 members (excludes halogenated alkanes) is 32. The number of carbonyl (C=O) groups is 4. The lowest BCUT2D eigenvalue weighted by Crippen LogP contribution is -2.46. The van der Waals surface area contributed by atoms with Gasteiger partial charge in [0.05, 0.1) is 37.3 Å². The molecule has 0 rings (SSSR count). The molecule has 0 atom stereocenters. The summed E-state index contributed by atoms with van der Waals surface area (Å²) in [5.41, 5.74) is -2.67. The molecule has 11 heteroatoms. The van der Waals surface area contributed by atoms with Crippen molar-refractivity contribution in [2.24, 2.45) is 10.8 Å². The second-order valence-electron chi connectivity index (χ2n) is 26.4. The molecule has 93 heavy (non-hydrogen) atoms. The highest BCUT2D eigenvalue weighted by molar-refractivity contribution is 5.70. The van der Waals surface area contributed by atoms with Gasteiger partial charge in [0.1, 0.15) is 26.4 Å². The van der Waals surface area contributed by atoms with Crippen molar-refractivity contribution in [1.82, 2.24) is 0 Å². The Balaban J connectivity index is 5.77. The molecule has 0 spiro atoms. The number of hydrogen-bond donors (Lipinski definition) is 2. The molecule has 0 saturated carbocycles. The van der Waals surface area contributed by atoms with E-state index in [0.29, 0.717) is 25.7 Å². The maximum Gasteiger partial charge on any atom is 0.305 e. The molecule has 0 aliphatic heterocycles. The first kappa shape index (κ1) is 88.7. The quantitative estimate of drug-likeness (QED) is 0.0259. The van der Waals surface area contributed by atoms with E-state index < -0.39 is 47.9 Å². The third-order valence-corrected chi connectivity index (χ3v) is 17.0. The Morgan fingerprint density at radius 1 is 0.247 bits per heavy atom. The topological polar surface area (TPSA) is 155 Å². The maximum atomic E-state index is 13.3. The fourth-order valence-electron chi connectivity index (χ4n) is 10.6. The van der Waals surface area contributed by atoms with Crippen LogP contribution in [0.5, 0.6) is 0 Å². The van der Waals surface area contributed by atoms with Crippen LogP contribution in [0.2, 0.25) is 0 Å². The van der Waals surface area contributed by atoms with Crippen molar-refractivity contribution < 1.29 is 53.1 Å². The third-order valence-electron chi connectivity index (χ3n) is 17.0. The smallest absolute Gasteiger partial charge is 0.305 e. The van der Waals surface area contributed by atoms with E-state index in [1.54, 1.807) is 0 Å². The predicted octanol–water partition coefficient (Wildman–Crippen LogP) is 22.4. The SMILES string of the molecule is CCCCC/C=C\C/C=C\CCCCCCCC(=O)OCC(CO)(COCC(CO)(COC(=O)CCCCCCC/C=C\C/C=C\CCCCC)COC(=O)CCCCCCC/C=C\C/C=C\CCCCC)COC(=O)CCCCCCC/C=C\C/C=C\CCCCC. The summed E-state index contributed by atoms with van der Waals surface area (Å²) in [5, 5.41) is 22.1. The molecule has 0 saturated heterocycles. The maximum absolute atomic E-state index is 13.3. The van der Waals surface area contributed by atoms with Crippen LogP contribution >= 0.6 is 0 Å². The van der Waals surface area contributed by atoms with E-state index in [9.17, 15) is 29.4 Å². The first-order valence-electron chi connectivity index (χ1n) is 38.3. The van der Waals surface area contributed by atoms with Crippen molar-refractivity contribution in [1.29, 1.82) is 0 Å². The zero-order valence-corrected chi connectivity index (χ0v) is 60.4. The van der Waals surface area contributed by atoms with Gasteiger partial charge in [-0.25, -0.2) is 0 Å². The standard InChI is InChI=1S/C82H142O11/c1-5-9-13-17-21-25-29-33-37-41-45-49-53-57-61-65-77(85)90-73-81(69-83,74-91-78(86)66-62-58-54-50-46-42-38-34-30-26-22-18-14-10-6-2)71-89-72-82(70-84,75-92-79(87)67-63-59-55-51-47-43-39-35-31-27-23-19-15-11-7-3)76-93-80(88)68-64-60-56-52-48-44-40-36-32-28-24-20-16-12-8-4/h21-28,33-40,83-84H,5-20,29-32,41-76H2,1-4H3/b25-21-,26-22-,27-23-,28-24-,37-33-,38-34-,39-35-,40-36-. The Kier molecular flexibility index (Phi) is 67.2. The predicted molar refractivity (Wildman–Crippen MR) is 391 cm³/mol. The number of allylic oxidation sites excluding steroid dienone is 16. The number of ether oxygens (including phenoxy) is 5. The first-order chi connectivity index (χ1) is 45.6. The number of esters is 4. The highest BCUT2D eigenvalue weighted by Crippen LogP contribution is 2.26. The molecular formula is C82H142O11. The minimum absolute atomic E-state index is 0.216. The summed E-state index contributed by atoms with van der Waals surface area (Å²) >= 11 is 0. The molecule has 0 bridgehead atoms. The number of aliphatic hydroxyl groups is 2. The van der Waals surface area contributed by atoms with Gasteiger partial charge in [0, 0.05) is 25.7 Å². The number of hydrogen-bond acceptors (Lipinski definition) is 11. The number of carbonyl (C=O) groups excluding carboxylic acids is 4. The van der Waals surface area contributed by atoms with Crippen molar-refractivity contribution in [3.63, 3.8) is 0 Å². The van der Waals surface area contributed by atoms with Gasteiger partial charge < -0.3 is 33.9 Å². The lowest BCUT2D eigenvalue weighted by molar-refractivity contribution is -0.168. The zero-order chi connectivity index (χ0) is 67.8. The van der Waals surface area contributed by atoms with Crippen LogP contribution in [-0.4, -0.2) is 86.9 Å². The summed E-state index contributed by atoms with van der Waals surface area (Å²) in [6, 6.07) is 0. The van der Waals surface area contributed by atoms with Gasteiger partial charge in [0.2, 0.25) is 0 Å². The average molecular weight is 1300 g/mol. The molecule has 536 valence electrons. The molecule has 0 aliphatic rings. The highest BCUT2D eigenvalue weighted by Gasteiger charge is 2.38. The summed E-state index contributed by atoms with van der Waals surface area (Å²) < 4.78 is 29.6. The van der Waals surface area contributed by atoms with E-state index in [1.807, 2.05) is 0 Å². The van der Waals surface area contributed by atoms with E-state index >= 15 is 0 Å². The second-order valence-corrected chi connectivity index (χ2v) is 26.4. The van der Waals surface area contributed by atoms with Gasteiger partial charge in [-0.1, -0.05) is 253 Å². The van der Waals surface area contributed by atoms with E-state index in [0.717, 1.165) is 180 Å². The van der Waals surface area contributed by atoms with Gasteiger partial charge in [-0.2, -0.15) is 0 Å². The largest absolute Gasteiger partial charge is 0.465 e. The Morgan fingerprint density at radius 3 is 0.624 bits per heavy atom. The van der Waals surface area contributed by atoms with E-state index in [4.69, 9.17) is 23.7 Å². The van der Waals surface area contributed by atoms with Gasteiger partial charge in [-0.05, 0) is 154 Å². The van der Waals surface area contributed by atoms with Crippen molar-refractivity contribution in [3.8, 4) is 0 Å². The van der Waals surface area contributed by atoms with E-state index in [2.05, 4.69) is 125 Å². The van der Waals surface area contributed by atoms with Gasteiger partial charge in [0.15, 0.2) is 0 Å². The monoisotopic (exact) mass is 1300 g/mol. The summed E-state index contributed by atoms with van der Waals surface area (Å²) in [6.45, 7) is 6.33. The lowest BCUT2D eigenvalue weighted by atomic mass is 9.90. The lowest BCUT2D eigenvalue weighted by Gasteiger charge is -2.34. The molecule has 0 unspecified atom stereocenters. The van der Waals surface area contributed by atoms with Gasteiger partial charge >= 0.3 is 23.9 Å². The highest BCUT2D eigenvalue weighted by atomic mass is 16.6. The Hall–Kier alpha value is -4.32. The molecule has 11 nitrogen and oxygen atoms in total. The van der Waals surface area contributed by atoms with Crippen LogP contribution in [0.25, 0.3) is 0 Å².